The van der Waals surface area contributed by atoms with Crippen LogP contribution in [-0.2, 0) is 9.59 Å². The van der Waals surface area contributed by atoms with Gasteiger partial charge in [0.1, 0.15) is 5.75 Å². The highest BCUT2D eigenvalue weighted by molar-refractivity contribution is 8.00. The summed E-state index contributed by atoms with van der Waals surface area (Å²) in [6.45, 7) is 4.04. The zero-order chi connectivity index (χ0) is 22.2. The third-order valence-electron chi connectivity index (χ3n) is 4.64. The minimum absolute atomic E-state index is 0.0150. The number of carbonyl (C=O) groups is 2. The smallest absolute Gasteiger partial charge is 0.239 e. The first kappa shape index (κ1) is 23.1. The van der Waals surface area contributed by atoms with Gasteiger partial charge in [0.05, 0.1) is 22.6 Å². The number of carbonyl (C=O) groups excluding carboxylic acids is 2. The molecule has 0 aliphatic rings. The van der Waals surface area contributed by atoms with E-state index in [9.17, 15) is 9.59 Å². The van der Waals surface area contributed by atoms with Gasteiger partial charge in [-0.25, -0.2) is 4.98 Å². The Morgan fingerprint density at radius 2 is 2.00 bits per heavy atom. The standard InChI is InChI=1S/C23H27N3O3S2/c1-4-6-10-21(27)24-15-8-7-9-17(13-15)30-19(5-2)22(28)26-23-25-18-12-11-16(29-3)14-20(18)31-23/h7-9,11-14,19H,4-6,10H2,1-3H3,(H,24,27)(H,25,26,28). The first-order chi connectivity index (χ1) is 15.0. The first-order valence-corrected chi connectivity index (χ1v) is 12.0. The molecular weight excluding hydrogens is 430 g/mol. The number of anilines is 2. The highest BCUT2D eigenvalue weighted by atomic mass is 32.2. The normalized spacial score (nSPS) is 11.8. The van der Waals surface area contributed by atoms with Gasteiger partial charge in [0.15, 0.2) is 5.13 Å². The van der Waals surface area contributed by atoms with E-state index in [1.54, 1.807) is 7.11 Å². The van der Waals surface area contributed by atoms with E-state index >= 15 is 0 Å². The van der Waals surface area contributed by atoms with E-state index in [4.69, 9.17) is 4.74 Å². The molecule has 0 spiro atoms. The van der Waals surface area contributed by atoms with E-state index in [0.717, 1.165) is 39.4 Å². The molecule has 2 N–H and O–H groups in total. The zero-order valence-corrected chi connectivity index (χ0v) is 19.6. The lowest BCUT2D eigenvalue weighted by Gasteiger charge is -2.14. The molecule has 2 amide bonds. The van der Waals surface area contributed by atoms with Gasteiger partial charge in [-0.05, 0) is 49.2 Å². The molecule has 31 heavy (non-hydrogen) atoms. The molecular formula is C23H27N3O3S2. The van der Waals surface area contributed by atoms with Crippen LogP contribution in [0.3, 0.4) is 0 Å². The number of thiazole rings is 1. The van der Waals surface area contributed by atoms with Gasteiger partial charge in [-0.1, -0.05) is 37.7 Å². The maximum atomic E-state index is 12.9. The van der Waals surface area contributed by atoms with Crippen LogP contribution in [0.2, 0.25) is 0 Å². The average Bonchev–Trinajstić information content (AvgIpc) is 3.17. The maximum Gasteiger partial charge on any atom is 0.239 e. The largest absolute Gasteiger partial charge is 0.497 e. The van der Waals surface area contributed by atoms with Crippen LogP contribution in [0.5, 0.6) is 5.75 Å². The van der Waals surface area contributed by atoms with Crippen molar-refractivity contribution >= 4 is 55.9 Å². The lowest BCUT2D eigenvalue weighted by atomic mass is 10.2. The van der Waals surface area contributed by atoms with E-state index in [-0.39, 0.29) is 17.1 Å². The van der Waals surface area contributed by atoms with E-state index < -0.39 is 0 Å². The van der Waals surface area contributed by atoms with Gasteiger partial charge in [0.25, 0.3) is 0 Å². The molecule has 6 nitrogen and oxygen atoms in total. The number of nitrogens with one attached hydrogen (secondary N) is 2. The fraction of sp³-hybridized carbons (Fsp3) is 0.348. The fourth-order valence-corrected chi connectivity index (χ4v) is 4.88. The van der Waals surface area contributed by atoms with Gasteiger partial charge in [-0.2, -0.15) is 0 Å². The molecule has 0 saturated heterocycles. The third-order valence-corrected chi connectivity index (χ3v) is 6.93. The second-order valence-corrected chi connectivity index (χ2v) is 9.34. The lowest BCUT2D eigenvalue weighted by molar-refractivity contribution is -0.116. The van der Waals surface area contributed by atoms with Crippen molar-refractivity contribution in [1.29, 1.82) is 0 Å². The quantitative estimate of drug-likeness (QED) is 0.368. The molecule has 0 bridgehead atoms. The Kier molecular flexibility index (Phi) is 8.31. The molecule has 0 fully saturated rings. The molecule has 0 aliphatic carbocycles. The van der Waals surface area contributed by atoms with Crippen molar-refractivity contribution in [3.63, 3.8) is 0 Å². The second-order valence-electron chi connectivity index (χ2n) is 7.04. The number of unbranched alkanes of at least 4 members (excludes halogenated alkanes) is 1. The van der Waals surface area contributed by atoms with Gasteiger partial charge in [-0.15, -0.1) is 11.8 Å². The van der Waals surface area contributed by atoms with Gasteiger partial charge < -0.3 is 15.4 Å². The van der Waals surface area contributed by atoms with E-state index in [2.05, 4.69) is 22.5 Å². The molecule has 3 rings (SSSR count). The predicted octanol–water partition coefficient (Wildman–Crippen LogP) is 5.94. The van der Waals surface area contributed by atoms with Crippen molar-refractivity contribution < 1.29 is 14.3 Å². The molecule has 0 aliphatic heterocycles. The summed E-state index contributed by atoms with van der Waals surface area (Å²) in [4.78, 5) is 30.3. The molecule has 1 atom stereocenters. The number of thioether (sulfide) groups is 1. The number of nitrogens with zero attached hydrogens (tertiary/aromatic N) is 1. The Morgan fingerprint density at radius 3 is 2.74 bits per heavy atom. The van der Waals surface area contributed by atoms with Crippen LogP contribution in [0.1, 0.15) is 39.5 Å². The van der Waals surface area contributed by atoms with E-state index in [0.29, 0.717) is 18.0 Å². The number of ether oxygens (including phenoxy) is 1. The summed E-state index contributed by atoms with van der Waals surface area (Å²) < 4.78 is 6.21. The lowest BCUT2D eigenvalue weighted by Crippen LogP contribution is -2.24. The number of hydrogen-bond acceptors (Lipinski definition) is 6. The van der Waals surface area contributed by atoms with Crippen molar-refractivity contribution in [2.24, 2.45) is 0 Å². The summed E-state index contributed by atoms with van der Waals surface area (Å²) in [6, 6.07) is 13.3. The van der Waals surface area contributed by atoms with Crippen molar-refractivity contribution in [2.75, 3.05) is 17.7 Å². The first-order valence-electron chi connectivity index (χ1n) is 10.3. The molecule has 1 aromatic heterocycles. The minimum atomic E-state index is -0.271. The Labute approximate surface area is 190 Å². The molecule has 164 valence electrons. The fourth-order valence-electron chi connectivity index (χ4n) is 2.97. The average molecular weight is 458 g/mol. The van der Waals surface area contributed by atoms with Crippen LogP contribution in [0.4, 0.5) is 10.8 Å². The van der Waals surface area contributed by atoms with Crippen molar-refractivity contribution in [3.05, 3.63) is 42.5 Å². The monoisotopic (exact) mass is 457 g/mol. The Balaban J connectivity index is 1.64. The summed E-state index contributed by atoms with van der Waals surface area (Å²) >= 11 is 2.91. The Hall–Kier alpha value is -2.58. The summed E-state index contributed by atoms with van der Waals surface area (Å²) in [7, 11) is 1.62. The Morgan fingerprint density at radius 1 is 1.16 bits per heavy atom. The summed E-state index contributed by atoms with van der Waals surface area (Å²) in [6.07, 6.45) is 3.04. The maximum absolute atomic E-state index is 12.9. The molecule has 0 radical (unpaired) electrons. The second kappa shape index (κ2) is 11.2. The summed E-state index contributed by atoms with van der Waals surface area (Å²) in [5.41, 5.74) is 1.58. The van der Waals surface area contributed by atoms with Crippen molar-refractivity contribution in [1.82, 2.24) is 4.98 Å². The number of amides is 2. The van der Waals surface area contributed by atoms with Crippen molar-refractivity contribution in [3.8, 4) is 5.75 Å². The number of hydrogen-bond donors (Lipinski definition) is 2. The number of rotatable bonds is 10. The molecule has 2 aromatic carbocycles. The zero-order valence-electron chi connectivity index (χ0n) is 17.9. The summed E-state index contributed by atoms with van der Waals surface area (Å²) in [5.74, 6) is 0.690. The number of aromatic nitrogens is 1. The van der Waals surface area contributed by atoms with Crippen LogP contribution in [0.15, 0.2) is 47.4 Å². The van der Waals surface area contributed by atoms with Crippen LogP contribution in [0.25, 0.3) is 10.2 Å². The highest BCUT2D eigenvalue weighted by Gasteiger charge is 2.20. The van der Waals surface area contributed by atoms with Crippen LogP contribution in [0, 0.1) is 0 Å². The molecule has 0 saturated carbocycles. The highest BCUT2D eigenvalue weighted by Crippen LogP contribution is 2.32. The van der Waals surface area contributed by atoms with Crippen LogP contribution >= 0.6 is 23.1 Å². The number of fused-ring (bicyclic) bond motifs is 1. The van der Waals surface area contributed by atoms with Crippen LogP contribution in [-0.4, -0.2) is 29.2 Å². The number of methoxy groups -OCH3 is 1. The van der Waals surface area contributed by atoms with Crippen molar-refractivity contribution in [2.45, 2.75) is 49.7 Å². The third kappa shape index (κ3) is 6.45. The van der Waals surface area contributed by atoms with E-state index in [1.807, 2.05) is 49.4 Å². The molecule has 1 unspecified atom stereocenters. The minimum Gasteiger partial charge on any atom is -0.497 e. The van der Waals surface area contributed by atoms with Gasteiger partial charge in [0.2, 0.25) is 11.8 Å². The summed E-state index contributed by atoms with van der Waals surface area (Å²) in [5, 5.41) is 6.18. The Bertz CT molecular complexity index is 1050. The predicted molar refractivity (Wildman–Crippen MR) is 129 cm³/mol. The van der Waals surface area contributed by atoms with Gasteiger partial charge in [0, 0.05) is 17.0 Å². The van der Waals surface area contributed by atoms with Gasteiger partial charge in [-0.3, -0.25) is 9.59 Å². The van der Waals surface area contributed by atoms with Crippen LogP contribution < -0.4 is 15.4 Å². The topological polar surface area (TPSA) is 80.3 Å². The van der Waals surface area contributed by atoms with E-state index in [1.165, 1.54) is 23.1 Å². The molecule has 3 aromatic rings. The molecule has 1 heterocycles. The molecule has 8 heteroatoms. The van der Waals surface area contributed by atoms with Gasteiger partial charge >= 0.3 is 0 Å². The number of benzene rings is 2. The SMILES string of the molecule is CCCCC(=O)Nc1cccc(SC(CC)C(=O)Nc2nc3ccc(OC)cc3s2)c1.